The molecule has 0 aliphatic heterocycles. The molecule has 0 spiro atoms. The molecule has 3 unspecified atom stereocenters. The van der Waals surface area contributed by atoms with Crippen LogP contribution in [0, 0.1) is 11.7 Å². The molecule has 1 aromatic heterocycles. The summed E-state index contributed by atoms with van der Waals surface area (Å²) in [4.78, 5) is 3.75. The van der Waals surface area contributed by atoms with Gasteiger partial charge in [0.2, 0.25) is 0 Å². The Kier molecular flexibility index (Phi) is 2.84. The van der Waals surface area contributed by atoms with Gasteiger partial charge in [0, 0.05) is 17.8 Å². The van der Waals surface area contributed by atoms with Crippen molar-refractivity contribution in [2.75, 3.05) is 0 Å². The summed E-state index contributed by atoms with van der Waals surface area (Å²) >= 11 is 0. The summed E-state index contributed by atoms with van der Waals surface area (Å²) in [6, 6.07) is 11.7. The van der Waals surface area contributed by atoms with Crippen LogP contribution in [-0.2, 0) is 0 Å². The zero-order valence-corrected chi connectivity index (χ0v) is 9.96. The lowest BCUT2D eigenvalue weighted by Gasteiger charge is -2.12. The Morgan fingerprint density at radius 2 is 2.00 bits per heavy atom. The van der Waals surface area contributed by atoms with Crippen LogP contribution in [0.25, 0.3) is 0 Å². The zero-order valence-electron chi connectivity index (χ0n) is 9.96. The van der Waals surface area contributed by atoms with Crippen LogP contribution >= 0.6 is 0 Å². The van der Waals surface area contributed by atoms with Gasteiger partial charge in [0.05, 0.1) is 6.20 Å². The molecule has 0 amide bonds. The molecule has 1 aromatic carbocycles. The average Bonchev–Trinajstić information content (AvgIpc) is 3.20. The number of aromatic nitrogens is 1. The molecule has 1 fully saturated rings. The number of nitrogens with zero attached hydrogens (tertiary/aromatic N) is 1. The summed E-state index contributed by atoms with van der Waals surface area (Å²) < 4.78 is 13.6. The van der Waals surface area contributed by atoms with Crippen LogP contribution in [0.1, 0.15) is 29.5 Å². The fraction of sp³-hybridized carbons (Fsp3) is 0.267. The molecular weight excluding hydrogens is 227 g/mol. The van der Waals surface area contributed by atoms with Gasteiger partial charge in [-0.15, -0.1) is 0 Å². The first-order valence-electron chi connectivity index (χ1n) is 6.17. The predicted molar refractivity (Wildman–Crippen MR) is 68.4 cm³/mol. The van der Waals surface area contributed by atoms with Crippen molar-refractivity contribution in [2.24, 2.45) is 11.7 Å². The minimum atomic E-state index is -0.302. The van der Waals surface area contributed by atoms with E-state index in [4.69, 9.17) is 5.73 Å². The van der Waals surface area contributed by atoms with Crippen molar-refractivity contribution in [1.82, 2.24) is 4.98 Å². The van der Waals surface area contributed by atoms with E-state index in [-0.39, 0.29) is 11.9 Å². The smallest absolute Gasteiger partial charge is 0.146 e. The SMILES string of the molecule is NC(c1ccncc1F)C1CC1c1ccccc1. The molecule has 1 aliphatic rings. The van der Waals surface area contributed by atoms with E-state index in [9.17, 15) is 4.39 Å². The number of benzene rings is 1. The standard InChI is InChI=1S/C15H15FN2/c16-14-9-18-7-6-11(14)15(17)13-8-12(13)10-4-2-1-3-5-10/h1-7,9,12-13,15H,8,17H2. The van der Waals surface area contributed by atoms with E-state index in [1.54, 1.807) is 12.3 Å². The number of halogens is 1. The third kappa shape index (κ3) is 2.02. The predicted octanol–water partition coefficient (Wildman–Crippen LogP) is 3.02. The Morgan fingerprint density at radius 3 is 2.72 bits per heavy atom. The highest BCUT2D eigenvalue weighted by Crippen LogP contribution is 2.53. The minimum absolute atomic E-state index is 0.238. The van der Waals surface area contributed by atoms with E-state index in [0.29, 0.717) is 17.4 Å². The maximum absolute atomic E-state index is 13.6. The number of nitrogens with two attached hydrogens (primary N) is 1. The number of hydrogen-bond donors (Lipinski definition) is 1. The first-order valence-corrected chi connectivity index (χ1v) is 6.17. The van der Waals surface area contributed by atoms with Gasteiger partial charge in [-0.2, -0.15) is 0 Å². The molecule has 2 nitrogen and oxygen atoms in total. The third-order valence-corrected chi connectivity index (χ3v) is 3.69. The fourth-order valence-electron chi connectivity index (χ4n) is 2.58. The van der Waals surface area contributed by atoms with Gasteiger partial charge in [-0.05, 0) is 29.9 Å². The lowest BCUT2D eigenvalue weighted by atomic mass is 10.0. The summed E-state index contributed by atoms with van der Waals surface area (Å²) in [7, 11) is 0. The van der Waals surface area contributed by atoms with Crippen molar-refractivity contribution in [3.05, 3.63) is 65.7 Å². The van der Waals surface area contributed by atoms with Crippen LogP contribution in [0.2, 0.25) is 0 Å². The van der Waals surface area contributed by atoms with Crippen LogP contribution in [0.15, 0.2) is 48.8 Å². The quantitative estimate of drug-likeness (QED) is 0.898. The molecule has 1 aliphatic carbocycles. The van der Waals surface area contributed by atoms with Crippen molar-refractivity contribution in [2.45, 2.75) is 18.4 Å². The van der Waals surface area contributed by atoms with E-state index in [1.807, 2.05) is 18.2 Å². The maximum atomic E-state index is 13.6. The third-order valence-electron chi connectivity index (χ3n) is 3.69. The van der Waals surface area contributed by atoms with Crippen LogP contribution in [0.3, 0.4) is 0 Å². The summed E-state index contributed by atoms with van der Waals surface area (Å²) in [5.41, 5.74) is 8.04. The minimum Gasteiger partial charge on any atom is -0.324 e. The summed E-state index contributed by atoms with van der Waals surface area (Å²) in [6.07, 6.45) is 3.86. The second-order valence-electron chi connectivity index (χ2n) is 4.84. The summed E-state index contributed by atoms with van der Waals surface area (Å²) in [5.74, 6) is 0.502. The second-order valence-corrected chi connectivity index (χ2v) is 4.84. The van der Waals surface area contributed by atoms with Crippen molar-refractivity contribution in [3.8, 4) is 0 Å². The fourth-order valence-corrected chi connectivity index (χ4v) is 2.58. The van der Waals surface area contributed by atoms with Crippen LogP contribution in [0.5, 0.6) is 0 Å². The number of pyridine rings is 1. The van der Waals surface area contributed by atoms with Crippen molar-refractivity contribution in [1.29, 1.82) is 0 Å². The van der Waals surface area contributed by atoms with E-state index in [0.717, 1.165) is 6.42 Å². The van der Waals surface area contributed by atoms with Crippen LogP contribution in [0.4, 0.5) is 4.39 Å². The molecule has 92 valence electrons. The van der Waals surface area contributed by atoms with Crippen molar-refractivity contribution >= 4 is 0 Å². The van der Waals surface area contributed by atoms with Gasteiger partial charge in [0.1, 0.15) is 5.82 Å². The Morgan fingerprint density at radius 1 is 1.22 bits per heavy atom. The Bertz CT molecular complexity index is 541. The molecule has 2 aromatic rings. The van der Waals surface area contributed by atoms with E-state index >= 15 is 0 Å². The van der Waals surface area contributed by atoms with Crippen LogP contribution in [-0.4, -0.2) is 4.98 Å². The molecule has 18 heavy (non-hydrogen) atoms. The maximum Gasteiger partial charge on any atom is 0.146 e. The first kappa shape index (κ1) is 11.4. The van der Waals surface area contributed by atoms with Gasteiger partial charge < -0.3 is 5.73 Å². The molecule has 3 rings (SSSR count). The van der Waals surface area contributed by atoms with Crippen molar-refractivity contribution < 1.29 is 4.39 Å². The number of rotatable bonds is 3. The molecule has 0 radical (unpaired) electrons. The van der Waals surface area contributed by atoms with Gasteiger partial charge in [0.25, 0.3) is 0 Å². The van der Waals surface area contributed by atoms with Gasteiger partial charge in [-0.1, -0.05) is 30.3 Å². The monoisotopic (exact) mass is 242 g/mol. The van der Waals surface area contributed by atoms with Crippen LogP contribution < -0.4 is 5.73 Å². The summed E-state index contributed by atoms with van der Waals surface area (Å²) in [6.45, 7) is 0. The first-order chi connectivity index (χ1) is 8.77. The average molecular weight is 242 g/mol. The molecular formula is C15H15FN2. The van der Waals surface area contributed by atoms with Gasteiger partial charge in [-0.3, -0.25) is 4.98 Å². The molecule has 1 heterocycles. The van der Waals surface area contributed by atoms with E-state index in [1.165, 1.54) is 11.8 Å². The highest BCUT2D eigenvalue weighted by Gasteiger charge is 2.43. The highest BCUT2D eigenvalue weighted by atomic mass is 19.1. The Balaban J connectivity index is 1.77. The van der Waals surface area contributed by atoms with Gasteiger partial charge in [0.15, 0.2) is 0 Å². The largest absolute Gasteiger partial charge is 0.324 e. The molecule has 0 bridgehead atoms. The van der Waals surface area contributed by atoms with E-state index in [2.05, 4.69) is 17.1 Å². The number of hydrogen-bond acceptors (Lipinski definition) is 2. The molecule has 1 saturated carbocycles. The van der Waals surface area contributed by atoms with Gasteiger partial charge >= 0.3 is 0 Å². The summed E-state index contributed by atoms with van der Waals surface area (Å²) in [5, 5.41) is 0. The Hall–Kier alpha value is -1.74. The normalized spacial score (nSPS) is 23.7. The topological polar surface area (TPSA) is 38.9 Å². The lowest BCUT2D eigenvalue weighted by Crippen LogP contribution is -2.15. The van der Waals surface area contributed by atoms with E-state index < -0.39 is 0 Å². The lowest BCUT2D eigenvalue weighted by molar-refractivity contribution is 0.543. The Labute approximate surface area is 106 Å². The molecule has 3 atom stereocenters. The highest BCUT2D eigenvalue weighted by molar-refractivity contribution is 5.30. The zero-order chi connectivity index (χ0) is 12.5. The van der Waals surface area contributed by atoms with Crippen molar-refractivity contribution in [3.63, 3.8) is 0 Å². The molecule has 0 saturated heterocycles. The van der Waals surface area contributed by atoms with Gasteiger partial charge in [-0.25, -0.2) is 4.39 Å². The molecule has 3 heteroatoms. The molecule has 2 N–H and O–H groups in total. The second kappa shape index (κ2) is 4.50.